The molecule has 1 aliphatic heterocycles. The van der Waals surface area contributed by atoms with Crippen molar-refractivity contribution < 1.29 is 4.39 Å². The normalized spacial score (nSPS) is 15.3. The van der Waals surface area contributed by atoms with Crippen LogP contribution < -0.4 is 5.32 Å². The quantitative estimate of drug-likeness (QED) is 0.689. The zero-order valence-electron chi connectivity index (χ0n) is 14.2. The van der Waals surface area contributed by atoms with Gasteiger partial charge in [-0.1, -0.05) is 12.1 Å². The summed E-state index contributed by atoms with van der Waals surface area (Å²) in [7, 11) is 0. The number of hydrogen-bond acceptors (Lipinski definition) is 4. The third kappa shape index (κ3) is 4.00. The van der Waals surface area contributed by atoms with Gasteiger partial charge in [0.05, 0.1) is 16.8 Å². The predicted octanol–water partition coefficient (Wildman–Crippen LogP) is 3.95. The number of rotatable bonds is 3. The smallest absolute Gasteiger partial charge is 0.173 e. The lowest BCUT2D eigenvalue weighted by molar-refractivity contribution is 0.177. The first-order valence-corrected chi connectivity index (χ1v) is 9.78. The maximum atomic E-state index is 13.0. The topological polar surface area (TPSA) is 31.4 Å². The van der Waals surface area contributed by atoms with E-state index in [1.807, 2.05) is 6.07 Å². The molecule has 26 heavy (non-hydrogen) atoms. The minimum absolute atomic E-state index is 0.245. The van der Waals surface area contributed by atoms with Crippen LogP contribution in [0.2, 0.25) is 0 Å². The number of benzene rings is 2. The van der Waals surface area contributed by atoms with Crippen LogP contribution in [-0.4, -0.2) is 46.1 Å². The van der Waals surface area contributed by atoms with Crippen LogP contribution in [0.4, 0.5) is 10.1 Å². The molecule has 0 bridgehead atoms. The molecule has 2 heterocycles. The predicted molar refractivity (Wildman–Crippen MR) is 109 cm³/mol. The van der Waals surface area contributed by atoms with Gasteiger partial charge in [-0.15, -0.1) is 11.3 Å². The Hall–Kier alpha value is -2.09. The van der Waals surface area contributed by atoms with E-state index in [0.29, 0.717) is 5.11 Å². The highest BCUT2D eigenvalue weighted by atomic mass is 32.1. The fraction of sp³-hybridized carbons (Fsp3) is 0.263. The van der Waals surface area contributed by atoms with Gasteiger partial charge in [0, 0.05) is 31.9 Å². The maximum Gasteiger partial charge on any atom is 0.173 e. The average molecular weight is 387 g/mol. The van der Waals surface area contributed by atoms with Crippen LogP contribution in [0.5, 0.6) is 0 Å². The molecule has 0 spiro atoms. The molecule has 0 radical (unpaired) electrons. The molecule has 0 unspecified atom stereocenters. The highest BCUT2D eigenvalue weighted by molar-refractivity contribution is 7.80. The van der Waals surface area contributed by atoms with Crippen LogP contribution in [0.15, 0.2) is 48.5 Å². The van der Waals surface area contributed by atoms with Crippen molar-refractivity contribution in [2.24, 2.45) is 0 Å². The van der Waals surface area contributed by atoms with Gasteiger partial charge >= 0.3 is 0 Å². The first-order valence-electron chi connectivity index (χ1n) is 8.56. The first-order chi connectivity index (χ1) is 12.7. The Morgan fingerprint density at radius 3 is 2.54 bits per heavy atom. The lowest BCUT2D eigenvalue weighted by Gasteiger charge is -2.35. The Morgan fingerprint density at radius 2 is 1.81 bits per heavy atom. The summed E-state index contributed by atoms with van der Waals surface area (Å²) in [5.74, 6) is -0.245. The summed E-state index contributed by atoms with van der Waals surface area (Å²) in [4.78, 5) is 9.29. The van der Waals surface area contributed by atoms with Crippen LogP contribution in [0.25, 0.3) is 10.2 Å². The summed E-state index contributed by atoms with van der Waals surface area (Å²) in [6.45, 7) is 4.52. The summed E-state index contributed by atoms with van der Waals surface area (Å²) < 4.78 is 14.2. The van der Waals surface area contributed by atoms with Gasteiger partial charge < -0.3 is 10.2 Å². The number of thiazole rings is 1. The van der Waals surface area contributed by atoms with Crippen LogP contribution in [0, 0.1) is 5.82 Å². The number of piperazine rings is 1. The third-order valence-electron chi connectivity index (χ3n) is 4.45. The van der Waals surface area contributed by atoms with Crippen LogP contribution >= 0.6 is 23.6 Å². The number of hydrogen-bond donors (Lipinski definition) is 1. The molecular weight excluding hydrogens is 367 g/mol. The van der Waals surface area contributed by atoms with E-state index in [-0.39, 0.29) is 5.82 Å². The van der Waals surface area contributed by atoms with E-state index in [0.717, 1.165) is 48.9 Å². The molecule has 0 atom stereocenters. The maximum absolute atomic E-state index is 13.0. The van der Waals surface area contributed by atoms with E-state index in [2.05, 4.69) is 33.3 Å². The average Bonchev–Trinajstić information content (AvgIpc) is 3.06. The lowest BCUT2D eigenvalue weighted by atomic mass is 10.3. The Balaban J connectivity index is 1.30. The SMILES string of the molecule is Fc1ccc(NC(=S)N2CCN(Cc3nc4ccccc4s3)CC2)cc1. The molecule has 0 saturated carbocycles. The summed E-state index contributed by atoms with van der Waals surface area (Å²) >= 11 is 7.26. The van der Waals surface area contributed by atoms with Gasteiger partial charge in [0.1, 0.15) is 10.8 Å². The minimum atomic E-state index is -0.245. The van der Waals surface area contributed by atoms with E-state index >= 15 is 0 Å². The molecule has 0 amide bonds. The van der Waals surface area contributed by atoms with Crippen molar-refractivity contribution in [2.45, 2.75) is 6.54 Å². The van der Waals surface area contributed by atoms with Gasteiger partial charge in [-0.05, 0) is 48.6 Å². The van der Waals surface area contributed by atoms with Crippen LogP contribution in [0.3, 0.4) is 0 Å². The lowest BCUT2D eigenvalue weighted by Crippen LogP contribution is -2.49. The molecule has 1 aliphatic rings. The van der Waals surface area contributed by atoms with E-state index < -0.39 is 0 Å². The fourth-order valence-corrected chi connectivity index (χ4v) is 4.33. The molecule has 134 valence electrons. The number of aromatic nitrogens is 1. The number of para-hydroxylation sites is 1. The summed E-state index contributed by atoms with van der Waals surface area (Å²) in [5, 5.41) is 5.03. The molecule has 4 nitrogen and oxygen atoms in total. The number of nitrogens with one attached hydrogen (secondary N) is 1. The van der Waals surface area contributed by atoms with Gasteiger partial charge in [0.25, 0.3) is 0 Å². The van der Waals surface area contributed by atoms with Crippen molar-refractivity contribution in [3.05, 3.63) is 59.4 Å². The Labute approximate surface area is 161 Å². The molecule has 1 aromatic heterocycles. The van der Waals surface area contributed by atoms with Crippen molar-refractivity contribution in [2.75, 3.05) is 31.5 Å². The van der Waals surface area contributed by atoms with E-state index in [1.165, 1.54) is 16.8 Å². The fourth-order valence-electron chi connectivity index (χ4n) is 3.02. The summed E-state index contributed by atoms with van der Waals surface area (Å²) in [6.07, 6.45) is 0. The van der Waals surface area contributed by atoms with Crippen molar-refractivity contribution in [3.8, 4) is 0 Å². The number of fused-ring (bicyclic) bond motifs is 1. The van der Waals surface area contributed by atoms with Crippen LogP contribution in [0.1, 0.15) is 5.01 Å². The second-order valence-electron chi connectivity index (χ2n) is 6.28. The highest BCUT2D eigenvalue weighted by Crippen LogP contribution is 2.23. The molecule has 3 aromatic rings. The molecule has 4 rings (SSSR count). The van der Waals surface area contributed by atoms with Crippen molar-refractivity contribution >= 4 is 44.6 Å². The van der Waals surface area contributed by atoms with Crippen LogP contribution in [-0.2, 0) is 6.54 Å². The summed E-state index contributed by atoms with van der Waals surface area (Å²) in [6, 6.07) is 14.5. The largest absolute Gasteiger partial charge is 0.346 e. The number of halogens is 1. The molecule has 1 N–H and O–H groups in total. The summed E-state index contributed by atoms with van der Waals surface area (Å²) in [5.41, 5.74) is 1.89. The van der Waals surface area contributed by atoms with Crippen molar-refractivity contribution in [1.82, 2.24) is 14.8 Å². The van der Waals surface area contributed by atoms with Gasteiger partial charge in [-0.3, -0.25) is 4.90 Å². The van der Waals surface area contributed by atoms with Crippen molar-refractivity contribution in [1.29, 1.82) is 0 Å². The second-order valence-corrected chi connectivity index (χ2v) is 7.78. The molecule has 1 fully saturated rings. The Kier molecular flexibility index (Phi) is 5.10. The number of anilines is 1. The van der Waals surface area contributed by atoms with E-state index in [9.17, 15) is 4.39 Å². The van der Waals surface area contributed by atoms with Crippen molar-refractivity contribution in [3.63, 3.8) is 0 Å². The number of thiocarbonyl (C=S) groups is 1. The molecule has 2 aromatic carbocycles. The Bertz CT molecular complexity index is 868. The first kappa shape index (κ1) is 17.3. The highest BCUT2D eigenvalue weighted by Gasteiger charge is 2.20. The van der Waals surface area contributed by atoms with Gasteiger partial charge in [-0.2, -0.15) is 0 Å². The Morgan fingerprint density at radius 1 is 1.08 bits per heavy atom. The molecular formula is C19H19FN4S2. The molecule has 0 aliphatic carbocycles. The standard InChI is InChI=1S/C19H19FN4S2/c20-14-5-7-15(8-6-14)21-19(25)24-11-9-23(10-12-24)13-18-22-16-3-1-2-4-17(16)26-18/h1-8H,9-13H2,(H,21,25). The number of nitrogens with zero attached hydrogens (tertiary/aromatic N) is 3. The van der Waals surface area contributed by atoms with Gasteiger partial charge in [0.2, 0.25) is 0 Å². The monoisotopic (exact) mass is 386 g/mol. The zero-order valence-corrected chi connectivity index (χ0v) is 15.8. The van der Waals surface area contributed by atoms with E-state index in [4.69, 9.17) is 17.2 Å². The molecule has 7 heteroatoms. The second kappa shape index (κ2) is 7.65. The van der Waals surface area contributed by atoms with E-state index in [1.54, 1.807) is 23.5 Å². The minimum Gasteiger partial charge on any atom is -0.346 e. The van der Waals surface area contributed by atoms with Gasteiger partial charge in [0.15, 0.2) is 5.11 Å². The third-order valence-corrected chi connectivity index (χ3v) is 5.83. The van der Waals surface area contributed by atoms with Gasteiger partial charge in [-0.25, -0.2) is 9.37 Å². The molecule has 1 saturated heterocycles. The zero-order chi connectivity index (χ0) is 17.9.